The highest BCUT2D eigenvalue weighted by atomic mass is 16.7. The lowest BCUT2D eigenvalue weighted by Gasteiger charge is -2.23. The predicted octanol–water partition coefficient (Wildman–Crippen LogP) is -1.67. The Morgan fingerprint density at radius 2 is 2.19 bits per heavy atom. The maximum Gasteiger partial charge on any atom is 0.351 e. The van der Waals surface area contributed by atoms with E-state index in [0.29, 0.717) is 5.56 Å². The van der Waals surface area contributed by atoms with Crippen LogP contribution in [0.4, 0.5) is 5.82 Å². The lowest BCUT2D eigenvalue weighted by molar-refractivity contribution is -0.151. The van der Waals surface area contributed by atoms with Gasteiger partial charge in [-0.25, -0.2) is 4.79 Å². The van der Waals surface area contributed by atoms with Crippen LogP contribution in [0, 0.1) is 11.8 Å². The maximum atomic E-state index is 12.3. The number of aromatic nitrogens is 2. The average molecular weight is 368 g/mol. The largest absolute Gasteiger partial charge is 0.394 e. The van der Waals surface area contributed by atoms with Gasteiger partial charge in [0.1, 0.15) is 24.1 Å². The molecule has 0 aliphatic carbocycles. The highest BCUT2D eigenvalue weighted by Crippen LogP contribution is 2.31. The molecule has 1 saturated heterocycles. The zero-order chi connectivity index (χ0) is 19.3. The molecule has 0 radical (unpaired) electrons. The first-order valence-electron chi connectivity index (χ1n) is 8.06. The molecule has 0 bridgehead atoms. The standard InChI is InChI=1S/C16H24N4O6/c1-4-5-10-8-20(16(23)18-14(10)17)15-13(12(22)11(9-21)26-15)24-6-7-25-19(2)3/h8,11-13,15,21-22H,6-7,9H2,1-3H3,(H2,17,18,23)/t11-,12-,13-,15-/m1/s1. The van der Waals surface area contributed by atoms with Gasteiger partial charge < -0.3 is 25.4 Å². The average Bonchev–Trinajstić information content (AvgIpc) is 2.90. The van der Waals surface area contributed by atoms with Crippen LogP contribution >= 0.6 is 0 Å². The van der Waals surface area contributed by atoms with Crippen molar-refractivity contribution in [3.63, 3.8) is 0 Å². The summed E-state index contributed by atoms with van der Waals surface area (Å²) >= 11 is 0. The summed E-state index contributed by atoms with van der Waals surface area (Å²) in [5.74, 6) is 5.45. The van der Waals surface area contributed by atoms with Crippen molar-refractivity contribution < 1.29 is 24.5 Å². The van der Waals surface area contributed by atoms with Gasteiger partial charge in [0.2, 0.25) is 0 Å². The normalized spacial score (nSPS) is 25.3. The summed E-state index contributed by atoms with van der Waals surface area (Å²) in [5, 5.41) is 21.3. The van der Waals surface area contributed by atoms with Gasteiger partial charge in [0, 0.05) is 20.3 Å². The third kappa shape index (κ3) is 4.59. The van der Waals surface area contributed by atoms with E-state index in [1.165, 1.54) is 11.3 Å². The van der Waals surface area contributed by atoms with Gasteiger partial charge in [0.25, 0.3) is 0 Å². The number of nitrogens with two attached hydrogens (primary N) is 1. The van der Waals surface area contributed by atoms with Crippen LogP contribution in [0.5, 0.6) is 0 Å². The van der Waals surface area contributed by atoms with E-state index in [1.807, 2.05) is 0 Å². The van der Waals surface area contributed by atoms with E-state index in [2.05, 4.69) is 16.8 Å². The molecule has 0 spiro atoms. The third-order valence-electron chi connectivity index (χ3n) is 3.75. The quantitative estimate of drug-likeness (QED) is 0.293. The Bertz CT molecular complexity index is 726. The molecule has 4 atom stereocenters. The van der Waals surface area contributed by atoms with Crippen LogP contribution in [0.1, 0.15) is 18.7 Å². The smallest absolute Gasteiger partial charge is 0.351 e. The molecule has 26 heavy (non-hydrogen) atoms. The Hall–Kier alpha value is -2.00. The molecule has 1 aliphatic heterocycles. The Balaban J connectivity index is 2.27. The van der Waals surface area contributed by atoms with Gasteiger partial charge in [-0.2, -0.15) is 10.0 Å². The molecule has 1 aromatic rings. The van der Waals surface area contributed by atoms with E-state index < -0.39 is 36.8 Å². The van der Waals surface area contributed by atoms with Gasteiger partial charge >= 0.3 is 5.69 Å². The lowest BCUT2D eigenvalue weighted by atomic mass is 10.1. The van der Waals surface area contributed by atoms with Crippen molar-refractivity contribution in [3.8, 4) is 11.8 Å². The first kappa shape index (κ1) is 20.3. The van der Waals surface area contributed by atoms with Crippen LogP contribution in [-0.2, 0) is 14.3 Å². The van der Waals surface area contributed by atoms with Gasteiger partial charge in [-0.05, 0) is 6.92 Å². The minimum Gasteiger partial charge on any atom is -0.394 e. The van der Waals surface area contributed by atoms with Crippen molar-refractivity contribution in [2.45, 2.75) is 31.5 Å². The van der Waals surface area contributed by atoms with E-state index in [-0.39, 0.29) is 19.0 Å². The molecule has 0 saturated carbocycles. The number of aliphatic hydroxyl groups is 2. The van der Waals surface area contributed by atoms with E-state index >= 15 is 0 Å². The highest BCUT2D eigenvalue weighted by molar-refractivity contribution is 5.48. The van der Waals surface area contributed by atoms with Crippen LogP contribution in [-0.4, -0.2) is 77.1 Å². The molecule has 2 rings (SSSR count). The van der Waals surface area contributed by atoms with Crippen LogP contribution in [0.2, 0.25) is 0 Å². The van der Waals surface area contributed by atoms with Crippen molar-refractivity contribution in [2.24, 2.45) is 0 Å². The number of hydrogen-bond donors (Lipinski definition) is 3. The van der Waals surface area contributed by atoms with Gasteiger partial charge in [-0.1, -0.05) is 5.92 Å². The number of aliphatic hydroxyl groups excluding tert-OH is 2. The fraction of sp³-hybridized carbons (Fsp3) is 0.625. The zero-order valence-electron chi connectivity index (χ0n) is 15.0. The first-order valence-corrected chi connectivity index (χ1v) is 8.06. The van der Waals surface area contributed by atoms with E-state index in [0.717, 1.165) is 4.57 Å². The Kier molecular flexibility index (Phi) is 7.10. The zero-order valence-corrected chi connectivity index (χ0v) is 15.0. The number of anilines is 1. The lowest BCUT2D eigenvalue weighted by Crippen LogP contribution is -2.39. The van der Waals surface area contributed by atoms with Crippen LogP contribution in [0.3, 0.4) is 0 Å². The van der Waals surface area contributed by atoms with Gasteiger partial charge in [-0.3, -0.25) is 9.40 Å². The van der Waals surface area contributed by atoms with Gasteiger partial charge in [0.15, 0.2) is 6.23 Å². The summed E-state index contributed by atoms with van der Waals surface area (Å²) in [6.07, 6.45) is -2.51. The maximum absolute atomic E-state index is 12.3. The molecule has 1 aromatic heterocycles. The topological polar surface area (TPSA) is 132 Å². The second-order valence-corrected chi connectivity index (χ2v) is 5.82. The molecule has 4 N–H and O–H groups in total. The van der Waals surface area contributed by atoms with E-state index in [4.69, 9.17) is 20.0 Å². The third-order valence-corrected chi connectivity index (χ3v) is 3.75. The number of hydrogen-bond acceptors (Lipinski definition) is 9. The molecule has 0 aromatic carbocycles. The summed E-state index contributed by atoms with van der Waals surface area (Å²) < 4.78 is 12.4. The van der Waals surface area contributed by atoms with E-state index in [1.54, 1.807) is 21.0 Å². The molecule has 0 unspecified atom stereocenters. The number of nitrogen functional groups attached to an aromatic ring is 1. The van der Waals surface area contributed by atoms with Crippen molar-refractivity contribution in [2.75, 3.05) is 39.6 Å². The van der Waals surface area contributed by atoms with Crippen molar-refractivity contribution in [3.05, 3.63) is 22.2 Å². The van der Waals surface area contributed by atoms with Gasteiger partial charge in [-0.15, -0.1) is 5.92 Å². The fourth-order valence-corrected chi connectivity index (χ4v) is 2.57. The van der Waals surface area contributed by atoms with E-state index in [9.17, 15) is 15.0 Å². The number of rotatable bonds is 7. The first-order chi connectivity index (χ1) is 12.4. The molecule has 10 nitrogen and oxygen atoms in total. The number of hydroxylamine groups is 2. The molecule has 144 valence electrons. The predicted molar refractivity (Wildman–Crippen MR) is 91.8 cm³/mol. The van der Waals surface area contributed by atoms with Crippen LogP contribution < -0.4 is 11.4 Å². The summed E-state index contributed by atoms with van der Waals surface area (Å²) in [6, 6.07) is 0. The molecule has 0 amide bonds. The fourth-order valence-electron chi connectivity index (χ4n) is 2.57. The summed E-state index contributed by atoms with van der Waals surface area (Å²) in [4.78, 5) is 21.2. The minimum atomic E-state index is -1.13. The van der Waals surface area contributed by atoms with Crippen LogP contribution in [0.25, 0.3) is 0 Å². The number of nitrogens with zero attached hydrogens (tertiary/aromatic N) is 3. The Labute approximate surface area is 151 Å². The van der Waals surface area contributed by atoms with Crippen LogP contribution in [0.15, 0.2) is 11.0 Å². The minimum absolute atomic E-state index is 0.00899. The summed E-state index contributed by atoms with van der Waals surface area (Å²) in [5.41, 5.74) is 5.39. The molecule has 1 fully saturated rings. The monoisotopic (exact) mass is 368 g/mol. The second-order valence-electron chi connectivity index (χ2n) is 5.82. The Morgan fingerprint density at radius 3 is 2.81 bits per heavy atom. The molecular weight excluding hydrogens is 344 g/mol. The van der Waals surface area contributed by atoms with Crippen molar-refractivity contribution in [1.82, 2.24) is 14.6 Å². The molecule has 10 heteroatoms. The SMILES string of the molecule is CC#Cc1cn([C@@H]2O[C@H](CO)[C@@H](O)[C@H]2OCCON(C)C)c(=O)nc1N. The summed E-state index contributed by atoms with van der Waals surface area (Å²) in [7, 11) is 3.46. The molecule has 1 aliphatic rings. The summed E-state index contributed by atoms with van der Waals surface area (Å²) in [6.45, 7) is 1.60. The van der Waals surface area contributed by atoms with Gasteiger partial charge in [0.05, 0.1) is 25.4 Å². The second kappa shape index (κ2) is 9.09. The number of ether oxygens (including phenoxy) is 2. The molecule has 2 heterocycles. The molecular formula is C16H24N4O6. The van der Waals surface area contributed by atoms with Crippen molar-refractivity contribution in [1.29, 1.82) is 0 Å². The highest BCUT2D eigenvalue weighted by Gasteiger charge is 2.45. The Morgan fingerprint density at radius 1 is 1.46 bits per heavy atom. The van der Waals surface area contributed by atoms with Crippen molar-refractivity contribution >= 4 is 5.82 Å².